The molecule has 0 radical (unpaired) electrons. The third-order valence-electron chi connectivity index (χ3n) is 5.76. The van der Waals surface area contributed by atoms with Crippen molar-refractivity contribution in [1.29, 1.82) is 0 Å². The number of halogens is 2. The zero-order valence-electron chi connectivity index (χ0n) is 17.8. The van der Waals surface area contributed by atoms with Crippen molar-refractivity contribution >= 4 is 50.7 Å². The summed E-state index contributed by atoms with van der Waals surface area (Å²) in [6.07, 6.45) is 7.14. The maximum Gasteiger partial charge on any atom is 0.244 e. The van der Waals surface area contributed by atoms with Crippen LogP contribution in [0, 0.1) is 18.3 Å². The van der Waals surface area contributed by atoms with Crippen LogP contribution in [0.2, 0.25) is 10.0 Å². The first kappa shape index (κ1) is 24.8. The van der Waals surface area contributed by atoms with Gasteiger partial charge in [-0.3, -0.25) is 9.59 Å². The second kappa shape index (κ2) is 9.98. The highest BCUT2D eigenvalue weighted by molar-refractivity contribution is 7.89. The minimum atomic E-state index is -4.16. The molecule has 11 heteroatoms. The van der Waals surface area contributed by atoms with Crippen LogP contribution in [0.3, 0.4) is 0 Å². The van der Waals surface area contributed by atoms with Crippen molar-refractivity contribution in [2.45, 2.75) is 43.2 Å². The molecule has 2 amide bonds. The van der Waals surface area contributed by atoms with Crippen LogP contribution >= 0.6 is 23.2 Å². The number of anilines is 1. The van der Waals surface area contributed by atoms with E-state index in [1.54, 1.807) is 0 Å². The minimum Gasteiger partial charge on any atom is -0.384 e. The highest BCUT2D eigenvalue weighted by Crippen LogP contribution is 2.40. The van der Waals surface area contributed by atoms with Gasteiger partial charge in [0.15, 0.2) is 0 Å². The lowest BCUT2D eigenvalue weighted by Crippen LogP contribution is -2.55. The van der Waals surface area contributed by atoms with Crippen molar-refractivity contribution in [3.05, 3.63) is 22.2 Å². The van der Waals surface area contributed by atoms with Gasteiger partial charge >= 0.3 is 0 Å². The number of methoxy groups -OCH3 is 1. The number of piperidine rings is 1. The van der Waals surface area contributed by atoms with Crippen LogP contribution < -0.4 is 5.32 Å². The molecule has 2 saturated heterocycles. The van der Waals surface area contributed by atoms with E-state index < -0.39 is 28.0 Å². The number of rotatable bonds is 6. The van der Waals surface area contributed by atoms with Gasteiger partial charge in [-0.05, 0) is 31.4 Å². The molecule has 2 fully saturated rings. The normalized spacial score (nSPS) is 24.0. The number of nitrogens with zero attached hydrogens (tertiary/aromatic N) is 2. The second-order valence-corrected chi connectivity index (χ2v) is 10.6. The zero-order valence-corrected chi connectivity index (χ0v) is 20.1. The maximum atomic E-state index is 13.8. The van der Waals surface area contributed by atoms with Gasteiger partial charge in [-0.2, -0.15) is 4.31 Å². The summed E-state index contributed by atoms with van der Waals surface area (Å²) < 4.78 is 34.3. The SMILES string of the molecule is C#CCN1C[C@H](COC)[C@@H]2CCCC(C1=O)N2S(=O)(=O)c1cc(Cl)c(NC(C)=O)c(Cl)c1. The molecule has 2 heterocycles. The molecule has 2 aliphatic heterocycles. The van der Waals surface area contributed by atoms with Gasteiger partial charge in [-0.1, -0.05) is 29.1 Å². The standard InChI is InChI=1S/C21H25Cl2N3O5S/c1-4-8-25-11-14(12-31-3)18-6-5-7-19(21(25)28)26(18)32(29,30)15-9-16(22)20(17(23)10-15)24-13(2)27/h1,9-10,14,18-19H,5-8,11-12H2,2-3H3,(H,24,27)/t14-,18+,19?/m1/s1. The summed E-state index contributed by atoms with van der Waals surface area (Å²) in [6, 6.07) is 1.16. The maximum absolute atomic E-state index is 13.8. The molecule has 2 bridgehead atoms. The average molecular weight is 502 g/mol. The fraction of sp³-hybridized carbons (Fsp3) is 0.524. The summed E-state index contributed by atoms with van der Waals surface area (Å²) in [4.78, 5) is 26.1. The van der Waals surface area contributed by atoms with Gasteiger partial charge < -0.3 is 15.0 Å². The number of amides is 2. The Morgan fingerprint density at radius 3 is 2.53 bits per heavy atom. The van der Waals surface area contributed by atoms with E-state index in [0.717, 1.165) is 0 Å². The number of carbonyl (C=O) groups excluding carboxylic acids is 2. The first-order valence-corrected chi connectivity index (χ1v) is 12.3. The van der Waals surface area contributed by atoms with E-state index in [4.69, 9.17) is 34.4 Å². The molecule has 1 aromatic carbocycles. The Bertz CT molecular complexity index is 1030. The largest absolute Gasteiger partial charge is 0.384 e. The second-order valence-electron chi connectivity index (χ2n) is 7.93. The van der Waals surface area contributed by atoms with Gasteiger partial charge in [0, 0.05) is 32.5 Å². The third kappa shape index (κ3) is 4.75. The van der Waals surface area contributed by atoms with Crippen LogP contribution in [0.1, 0.15) is 26.2 Å². The lowest BCUT2D eigenvalue weighted by molar-refractivity contribution is -0.134. The van der Waals surface area contributed by atoms with Crippen molar-refractivity contribution in [2.24, 2.45) is 5.92 Å². The molecule has 3 rings (SSSR count). The molecule has 2 aliphatic rings. The third-order valence-corrected chi connectivity index (χ3v) is 8.27. The van der Waals surface area contributed by atoms with Crippen molar-refractivity contribution in [2.75, 3.05) is 32.1 Å². The molecule has 1 N–H and O–H groups in total. The van der Waals surface area contributed by atoms with Crippen molar-refractivity contribution in [3.8, 4) is 12.3 Å². The topological polar surface area (TPSA) is 96.0 Å². The summed E-state index contributed by atoms with van der Waals surface area (Å²) in [6.45, 7) is 1.98. The molecule has 32 heavy (non-hydrogen) atoms. The monoisotopic (exact) mass is 501 g/mol. The Morgan fingerprint density at radius 2 is 1.97 bits per heavy atom. The van der Waals surface area contributed by atoms with Gasteiger partial charge in [0.25, 0.3) is 0 Å². The van der Waals surface area contributed by atoms with Gasteiger partial charge in [-0.25, -0.2) is 8.42 Å². The number of hydrogen-bond acceptors (Lipinski definition) is 5. The molecule has 0 spiro atoms. The molecule has 3 atom stereocenters. The molecule has 0 aliphatic carbocycles. The van der Waals surface area contributed by atoms with Crippen LogP contribution in [-0.2, 0) is 24.3 Å². The fourth-order valence-corrected chi connectivity index (χ4v) is 7.13. The fourth-order valence-electron chi connectivity index (χ4n) is 4.48. The molecule has 0 saturated carbocycles. The smallest absolute Gasteiger partial charge is 0.244 e. The lowest BCUT2D eigenvalue weighted by atomic mass is 9.91. The van der Waals surface area contributed by atoms with Gasteiger partial charge in [0.05, 0.1) is 33.8 Å². The highest BCUT2D eigenvalue weighted by atomic mass is 35.5. The molecular weight excluding hydrogens is 477 g/mol. The first-order valence-electron chi connectivity index (χ1n) is 10.1. The molecule has 1 aromatic rings. The average Bonchev–Trinajstić information content (AvgIpc) is 2.79. The molecule has 1 unspecified atom stereocenters. The van der Waals surface area contributed by atoms with E-state index in [-0.39, 0.29) is 45.6 Å². The summed E-state index contributed by atoms with van der Waals surface area (Å²) >= 11 is 12.5. The molecule has 0 aromatic heterocycles. The number of ether oxygens (including phenoxy) is 1. The number of benzene rings is 1. The molecular formula is C21H25Cl2N3O5S. The summed E-state index contributed by atoms with van der Waals surface area (Å²) in [7, 11) is -2.62. The highest BCUT2D eigenvalue weighted by Gasteiger charge is 2.50. The van der Waals surface area contributed by atoms with Crippen molar-refractivity contribution < 1.29 is 22.7 Å². The van der Waals surface area contributed by atoms with Crippen LogP contribution in [-0.4, -0.2) is 68.3 Å². The van der Waals surface area contributed by atoms with E-state index in [1.165, 1.54) is 35.4 Å². The number of terminal acetylenes is 1. The van der Waals surface area contributed by atoms with Crippen LogP contribution in [0.5, 0.6) is 0 Å². The molecule has 8 nitrogen and oxygen atoms in total. The number of hydrogen-bond donors (Lipinski definition) is 1. The van der Waals surface area contributed by atoms with E-state index in [0.29, 0.717) is 25.8 Å². The number of carbonyl (C=O) groups is 2. The van der Waals surface area contributed by atoms with Crippen molar-refractivity contribution in [3.63, 3.8) is 0 Å². The number of fused-ring (bicyclic) bond motifs is 2. The van der Waals surface area contributed by atoms with Crippen molar-refractivity contribution in [1.82, 2.24) is 9.21 Å². The van der Waals surface area contributed by atoms with E-state index in [1.807, 2.05) is 0 Å². The van der Waals surface area contributed by atoms with Crippen LogP contribution in [0.15, 0.2) is 17.0 Å². The predicted molar refractivity (Wildman–Crippen MR) is 122 cm³/mol. The molecule has 174 valence electrons. The first-order chi connectivity index (χ1) is 15.1. The Kier molecular flexibility index (Phi) is 7.73. The minimum absolute atomic E-state index is 0.0139. The Morgan fingerprint density at radius 1 is 1.31 bits per heavy atom. The quantitative estimate of drug-likeness (QED) is 0.604. The van der Waals surface area contributed by atoms with Gasteiger partial charge in [0.2, 0.25) is 21.8 Å². The zero-order chi connectivity index (χ0) is 23.6. The van der Waals surface area contributed by atoms with Gasteiger partial charge in [-0.15, -0.1) is 6.42 Å². The summed E-state index contributed by atoms with van der Waals surface area (Å²) in [5, 5.41) is 2.46. The summed E-state index contributed by atoms with van der Waals surface area (Å²) in [5.41, 5.74) is 0.129. The van der Waals surface area contributed by atoms with E-state index in [2.05, 4.69) is 11.2 Å². The predicted octanol–water partition coefficient (Wildman–Crippen LogP) is 2.60. The van der Waals surface area contributed by atoms with Crippen LogP contribution in [0.4, 0.5) is 5.69 Å². The summed E-state index contributed by atoms with van der Waals surface area (Å²) in [5.74, 6) is 1.53. The van der Waals surface area contributed by atoms with Crippen LogP contribution in [0.25, 0.3) is 0 Å². The Hall–Kier alpha value is -1.83. The number of nitrogens with one attached hydrogen (secondary N) is 1. The Balaban J connectivity index is 2.10. The van der Waals surface area contributed by atoms with E-state index in [9.17, 15) is 18.0 Å². The van der Waals surface area contributed by atoms with Gasteiger partial charge in [0.1, 0.15) is 6.04 Å². The van der Waals surface area contributed by atoms with E-state index >= 15 is 0 Å². The lowest BCUT2D eigenvalue weighted by Gasteiger charge is -2.40. The Labute approximate surface area is 198 Å². The number of sulfonamides is 1.